The third kappa shape index (κ3) is 11.0. The van der Waals surface area contributed by atoms with Crippen LogP contribution in [-0.2, 0) is 74.6 Å². The lowest BCUT2D eigenvalue weighted by molar-refractivity contribution is -0.172. The van der Waals surface area contributed by atoms with Crippen LogP contribution >= 0.6 is 0 Å². The quantitative estimate of drug-likeness (QED) is 0.0512. The van der Waals surface area contributed by atoms with E-state index in [2.05, 4.69) is 31.9 Å². The van der Waals surface area contributed by atoms with Crippen molar-refractivity contribution in [3.63, 3.8) is 0 Å². The van der Waals surface area contributed by atoms with Crippen LogP contribution in [0.2, 0.25) is 0 Å². The number of hydrogen-bond donors (Lipinski definition) is 7. The topological polar surface area (TPSA) is 274 Å². The van der Waals surface area contributed by atoms with E-state index in [1.165, 1.54) is 10.6 Å². The predicted molar refractivity (Wildman–Crippen MR) is 245 cm³/mol. The van der Waals surface area contributed by atoms with Crippen molar-refractivity contribution in [1.82, 2.24) is 41.5 Å². The van der Waals surface area contributed by atoms with Gasteiger partial charge in [0.25, 0.3) is 5.56 Å². The summed E-state index contributed by atoms with van der Waals surface area (Å²) in [6, 6.07) is 10.0. The molecule has 0 radical (unpaired) electrons. The number of fused-ring (bicyclic) bond motifs is 5. The summed E-state index contributed by atoms with van der Waals surface area (Å²) in [5.74, 6) is -4.38. The van der Waals surface area contributed by atoms with Crippen molar-refractivity contribution < 1.29 is 57.3 Å². The molecule has 69 heavy (non-hydrogen) atoms. The SMILES string of the molecule is CC[C@@]1(O)C(=O)OCc2c1cc1n(c2=O)Cc2c-1nc1cc(F)c(C)c3c1c2[C@@H](NC(=O)COCCNC(=O)CNC(=O)[C@H](Cc1ccccc1)NC(=O)CNC(=O)CNC(=O)OC(C)(C)C)CC3. The largest absolute Gasteiger partial charge is 0.458 e. The van der Waals surface area contributed by atoms with E-state index in [0.717, 1.165) is 5.56 Å². The number of benzene rings is 2. The predicted octanol–water partition coefficient (Wildman–Crippen LogP) is 1.25. The van der Waals surface area contributed by atoms with E-state index in [1.807, 2.05) is 0 Å². The average molecular weight is 955 g/mol. The Morgan fingerprint density at radius 3 is 2.38 bits per heavy atom. The zero-order valence-electron chi connectivity index (χ0n) is 38.9. The van der Waals surface area contributed by atoms with Gasteiger partial charge in [0.1, 0.15) is 37.2 Å². The van der Waals surface area contributed by atoms with Crippen LogP contribution in [-0.4, -0.2) is 107 Å². The van der Waals surface area contributed by atoms with Gasteiger partial charge in [0.05, 0.1) is 54.8 Å². The van der Waals surface area contributed by atoms with Crippen LogP contribution in [0.15, 0.2) is 47.3 Å². The molecular weight excluding hydrogens is 900 g/mol. The average Bonchev–Trinajstić information content (AvgIpc) is 3.68. The number of nitrogens with zero attached hydrogens (tertiary/aromatic N) is 2. The van der Waals surface area contributed by atoms with E-state index in [9.17, 15) is 43.5 Å². The summed E-state index contributed by atoms with van der Waals surface area (Å²) in [6.45, 7) is 6.20. The first-order chi connectivity index (χ1) is 32.8. The zero-order chi connectivity index (χ0) is 49.8. The minimum absolute atomic E-state index is 0.0183. The Morgan fingerprint density at radius 1 is 0.942 bits per heavy atom. The molecule has 7 N–H and O–H groups in total. The molecule has 20 nitrogen and oxygen atoms in total. The molecule has 21 heteroatoms. The Kier molecular flexibility index (Phi) is 14.8. The lowest BCUT2D eigenvalue weighted by Gasteiger charge is -2.31. The molecule has 1 aliphatic carbocycles. The van der Waals surface area contributed by atoms with Crippen LogP contribution < -0.4 is 37.5 Å². The normalized spacial score (nSPS) is 17.0. The Morgan fingerprint density at radius 2 is 1.65 bits per heavy atom. The molecule has 0 saturated heterocycles. The summed E-state index contributed by atoms with van der Waals surface area (Å²) in [6.07, 6.45) is 0.0605. The summed E-state index contributed by atoms with van der Waals surface area (Å²) in [7, 11) is 0. The number of pyridine rings is 2. The second-order valence-electron chi connectivity index (χ2n) is 18.0. The lowest BCUT2D eigenvalue weighted by Crippen LogP contribution is -2.52. The molecule has 6 amide bonds. The molecule has 0 saturated carbocycles. The first-order valence-corrected chi connectivity index (χ1v) is 22.6. The first-order valence-electron chi connectivity index (χ1n) is 22.6. The van der Waals surface area contributed by atoms with Crippen LogP contribution in [0.5, 0.6) is 0 Å². The van der Waals surface area contributed by atoms with Crippen molar-refractivity contribution in [3.05, 3.63) is 97.6 Å². The number of ether oxygens (including phenoxy) is 3. The van der Waals surface area contributed by atoms with E-state index < -0.39 is 95.9 Å². The van der Waals surface area contributed by atoms with Gasteiger partial charge in [-0.25, -0.2) is 19.0 Å². The molecule has 0 fully saturated rings. The van der Waals surface area contributed by atoms with E-state index in [-0.39, 0.29) is 56.9 Å². The number of halogens is 1. The highest BCUT2D eigenvalue weighted by Crippen LogP contribution is 2.46. The van der Waals surface area contributed by atoms with Crippen LogP contribution in [0.3, 0.4) is 0 Å². The van der Waals surface area contributed by atoms with Crippen molar-refractivity contribution in [3.8, 4) is 11.4 Å². The lowest BCUT2D eigenvalue weighted by atomic mass is 9.81. The fraction of sp³-hybridized carbons (Fsp3) is 0.438. The van der Waals surface area contributed by atoms with Crippen molar-refractivity contribution in [1.29, 1.82) is 0 Å². The number of esters is 1. The van der Waals surface area contributed by atoms with Crippen molar-refractivity contribution in [2.45, 2.75) is 96.7 Å². The van der Waals surface area contributed by atoms with E-state index >= 15 is 4.39 Å². The maximum atomic E-state index is 15.3. The summed E-state index contributed by atoms with van der Waals surface area (Å²) < 4.78 is 32.7. The third-order valence-corrected chi connectivity index (χ3v) is 12.1. The van der Waals surface area contributed by atoms with E-state index in [1.54, 1.807) is 71.0 Å². The molecule has 4 heterocycles. The number of aromatic nitrogens is 2. The molecule has 366 valence electrons. The minimum Gasteiger partial charge on any atom is -0.458 e. The summed E-state index contributed by atoms with van der Waals surface area (Å²) in [5.41, 5.74) is 1.33. The van der Waals surface area contributed by atoms with Gasteiger partial charge < -0.3 is 55.8 Å². The van der Waals surface area contributed by atoms with Gasteiger partial charge in [0.2, 0.25) is 29.5 Å². The van der Waals surface area contributed by atoms with E-state index in [0.29, 0.717) is 57.4 Å². The maximum Gasteiger partial charge on any atom is 0.408 e. The molecule has 4 aromatic rings. The zero-order valence-corrected chi connectivity index (χ0v) is 38.9. The summed E-state index contributed by atoms with van der Waals surface area (Å²) in [5, 5.41) is 27.4. The second-order valence-corrected chi connectivity index (χ2v) is 18.0. The minimum atomic E-state index is -2.04. The number of alkyl carbamates (subject to hydrolysis) is 1. The smallest absolute Gasteiger partial charge is 0.408 e. The number of amides is 6. The number of rotatable bonds is 17. The first kappa shape index (κ1) is 49.6. The van der Waals surface area contributed by atoms with Crippen molar-refractivity contribution in [2.24, 2.45) is 0 Å². The fourth-order valence-electron chi connectivity index (χ4n) is 8.73. The number of aliphatic hydroxyl groups is 1. The Labute approximate surface area is 395 Å². The number of nitrogens with one attached hydrogen (secondary N) is 6. The maximum absolute atomic E-state index is 15.3. The molecule has 2 aromatic heterocycles. The molecule has 0 spiro atoms. The van der Waals surface area contributed by atoms with Crippen LogP contribution in [0.25, 0.3) is 22.3 Å². The number of carbonyl (C=O) groups is 7. The standard InChI is InChI=1S/C48H55FN8O12/c1-6-48(66)30-17-35-42-28(22-57(35)44(63)29(30)23-68-45(48)64)41-32(13-12-27-25(2)31(49)18-33(56-42)40(27)41)54-39(61)24-67-15-14-50-36(58)19-52-43(62)34(16-26-10-8-7-9-11-26)55-38(60)21-51-37(59)20-53-46(65)69-47(3,4)5/h7-11,17-18,32,34,66H,6,12-16,19-24H2,1-5H3,(H,50,58)(H,51,59)(H,52,62)(H,53,65)(H,54,61)(H,55,60)/t32-,34-,48-/m0/s1. The highest BCUT2D eigenvalue weighted by molar-refractivity contribution is 5.95. The summed E-state index contributed by atoms with van der Waals surface area (Å²) in [4.78, 5) is 108. The Hall–Kier alpha value is -7.26. The van der Waals surface area contributed by atoms with Crippen molar-refractivity contribution >= 4 is 52.5 Å². The Bertz CT molecular complexity index is 2790. The fourth-order valence-corrected chi connectivity index (χ4v) is 8.73. The van der Waals surface area contributed by atoms with Crippen LogP contribution in [0, 0.1) is 12.7 Å². The highest BCUT2D eigenvalue weighted by atomic mass is 19.1. The van der Waals surface area contributed by atoms with Gasteiger partial charge in [-0.1, -0.05) is 37.3 Å². The van der Waals surface area contributed by atoms with Gasteiger partial charge in [-0.3, -0.25) is 28.8 Å². The molecule has 2 aliphatic heterocycles. The van der Waals surface area contributed by atoms with Crippen LogP contribution in [0.4, 0.5) is 9.18 Å². The molecule has 3 atom stereocenters. The number of carbonyl (C=O) groups excluding carboxylic acids is 7. The molecular formula is C48H55FN8O12. The number of aryl methyl sites for hydroxylation is 1. The molecule has 0 bridgehead atoms. The van der Waals surface area contributed by atoms with E-state index in [4.69, 9.17) is 19.2 Å². The molecule has 3 aliphatic rings. The highest BCUT2D eigenvalue weighted by Gasteiger charge is 2.46. The molecule has 7 rings (SSSR count). The molecule has 0 unspecified atom stereocenters. The van der Waals surface area contributed by atoms with Crippen molar-refractivity contribution in [2.75, 3.05) is 39.4 Å². The summed E-state index contributed by atoms with van der Waals surface area (Å²) >= 11 is 0. The number of cyclic esters (lactones) is 1. The number of hydrogen-bond acceptors (Lipinski definition) is 13. The molecule has 2 aromatic carbocycles. The Balaban J connectivity index is 0.921. The van der Waals surface area contributed by atoms with Gasteiger partial charge >= 0.3 is 12.1 Å². The monoisotopic (exact) mass is 954 g/mol. The van der Waals surface area contributed by atoms with Gasteiger partial charge in [-0.15, -0.1) is 0 Å². The van der Waals surface area contributed by atoms with Gasteiger partial charge in [-0.05, 0) is 75.3 Å². The second kappa shape index (κ2) is 20.5. The third-order valence-electron chi connectivity index (χ3n) is 12.1. The van der Waals surface area contributed by atoms with Gasteiger partial charge in [0.15, 0.2) is 5.60 Å². The van der Waals surface area contributed by atoms with Gasteiger partial charge in [0, 0.05) is 35.5 Å². The van der Waals surface area contributed by atoms with Gasteiger partial charge in [-0.2, -0.15) is 0 Å². The van der Waals surface area contributed by atoms with Crippen LogP contribution in [0.1, 0.15) is 85.5 Å².